The number of carbonyl (C=O) groups is 2. The van der Waals surface area contributed by atoms with Gasteiger partial charge in [-0.1, -0.05) is 73.9 Å². The van der Waals surface area contributed by atoms with Gasteiger partial charge in [-0.05, 0) is 49.3 Å². The van der Waals surface area contributed by atoms with Crippen molar-refractivity contribution in [3.63, 3.8) is 0 Å². The molecule has 0 radical (unpaired) electrons. The molecule has 1 spiro atoms. The first kappa shape index (κ1) is 26.8. The van der Waals surface area contributed by atoms with E-state index in [1.165, 1.54) is 10.7 Å². The second-order valence-electron chi connectivity index (χ2n) is 11.2. The number of nitrogens with one attached hydrogen (secondary N) is 1. The molecule has 3 fully saturated rings. The molecule has 0 bridgehead atoms. The highest BCUT2D eigenvalue weighted by Gasteiger charge is 2.55. The third-order valence-electron chi connectivity index (χ3n) is 8.80. The van der Waals surface area contributed by atoms with Crippen molar-refractivity contribution in [2.45, 2.75) is 61.4 Å². The molecule has 1 saturated carbocycles. The second kappa shape index (κ2) is 10.9. The summed E-state index contributed by atoms with van der Waals surface area (Å²) in [4.78, 5) is 31.0. The van der Waals surface area contributed by atoms with Crippen molar-refractivity contribution in [2.75, 3.05) is 31.2 Å². The van der Waals surface area contributed by atoms with Crippen LogP contribution in [-0.4, -0.2) is 67.3 Å². The molecule has 40 heavy (non-hydrogen) atoms. The number of piperidine rings is 1. The van der Waals surface area contributed by atoms with E-state index in [-0.39, 0.29) is 37.5 Å². The topological polar surface area (TPSA) is 90.0 Å². The molecule has 2 amide bonds. The first-order valence-corrected chi connectivity index (χ1v) is 15.7. The molecule has 2 aliphatic heterocycles. The maximum atomic E-state index is 14.0. The van der Waals surface area contributed by atoms with Gasteiger partial charge in [-0.25, -0.2) is 8.42 Å². The Balaban J connectivity index is 1.23. The van der Waals surface area contributed by atoms with Crippen LogP contribution in [0.25, 0.3) is 10.8 Å². The van der Waals surface area contributed by atoms with Gasteiger partial charge in [-0.2, -0.15) is 4.31 Å². The Morgan fingerprint density at radius 2 is 1.55 bits per heavy atom. The van der Waals surface area contributed by atoms with E-state index in [2.05, 4.69) is 10.2 Å². The highest BCUT2D eigenvalue weighted by molar-refractivity contribution is 7.89. The minimum Gasteiger partial charge on any atom is -0.352 e. The normalized spacial score (nSPS) is 20.4. The molecule has 8 nitrogen and oxygen atoms in total. The zero-order valence-electron chi connectivity index (χ0n) is 22.7. The molecule has 3 aromatic rings. The Morgan fingerprint density at radius 3 is 2.30 bits per heavy atom. The molecule has 1 aliphatic carbocycles. The fourth-order valence-electron chi connectivity index (χ4n) is 6.67. The minimum atomic E-state index is -3.76. The number of fused-ring (bicyclic) bond motifs is 1. The van der Waals surface area contributed by atoms with Gasteiger partial charge in [0.1, 0.15) is 12.1 Å². The molecule has 9 heteroatoms. The minimum absolute atomic E-state index is 0.0123. The number of nitrogens with zero attached hydrogens (tertiary/aromatic N) is 3. The Labute approximate surface area is 236 Å². The van der Waals surface area contributed by atoms with Crippen molar-refractivity contribution in [2.24, 2.45) is 0 Å². The van der Waals surface area contributed by atoms with Crippen molar-refractivity contribution >= 4 is 38.3 Å². The van der Waals surface area contributed by atoms with Gasteiger partial charge in [-0.3, -0.25) is 9.59 Å². The Bertz CT molecular complexity index is 1490. The molecule has 3 aromatic carbocycles. The second-order valence-corrected chi connectivity index (χ2v) is 13.1. The number of hydrogen-bond donors (Lipinski definition) is 1. The molecule has 2 saturated heterocycles. The van der Waals surface area contributed by atoms with Crippen LogP contribution in [0.15, 0.2) is 77.7 Å². The summed E-state index contributed by atoms with van der Waals surface area (Å²) in [6.45, 7) is 0.765. The van der Waals surface area contributed by atoms with Crippen molar-refractivity contribution in [3.8, 4) is 0 Å². The number of hydrogen-bond acceptors (Lipinski definition) is 5. The first-order valence-electron chi connectivity index (χ1n) is 14.3. The summed E-state index contributed by atoms with van der Waals surface area (Å²) in [7, 11) is -3.76. The summed E-state index contributed by atoms with van der Waals surface area (Å²) in [6, 6.07) is 22.8. The van der Waals surface area contributed by atoms with Gasteiger partial charge in [0.2, 0.25) is 21.8 Å². The van der Waals surface area contributed by atoms with Crippen LogP contribution in [0.3, 0.4) is 0 Å². The van der Waals surface area contributed by atoms with Gasteiger partial charge in [0.05, 0.1) is 11.6 Å². The van der Waals surface area contributed by atoms with E-state index in [0.29, 0.717) is 29.8 Å². The van der Waals surface area contributed by atoms with E-state index in [9.17, 15) is 18.0 Å². The Kier molecular flexibility index (Phi) is 7.27. The van der Waals surface area contributed by atoms with E-state index in [1.54, 1.807) is 17.0 Å². The smallest absolute Gasteiger partial charge is 0.250 e. The summed E-state index contributed by atoms with van der Waals surface area (Å²) in [5, 5.41) is 4.71. The summed E-state index contributed by atoms with van der Waals surface area (Å²) in [5.41, 5.74) is 0.00782. The SMILES string of the molecule is O=C(CN1CN(c2ccccc2)C2(CCN(S(=O)(=O)c3cccc4ccccc34)CC2)C1=O)NC1CCCCC1. The van der Waals surface area contributed by atoms with Crippen LogP contribution < -0.4 is 10.2 Å². The van der Waals surface area contributed by atoms with Gasteiger partial charge >= 0.3 is 0 Å². The van der Waals surface area contributed by atoms with E-state index in [0.717, 1.165) is 36.8 Å². The molecule has 210 valence electrons. The molecular formula is C31H36N4O4S. The fourth-order valence-corrected chi connectivity index (χ4v) is 8.33. The highest BCUT2D eigenvalue weighted by Crippen LogP contribution is 2.41. The zero-order valence-corrected chi connectivity index (χ0v) is 23.5. The summed E-state index contributed by atoms with van der Waals surface area (Å²) < 4.78 is 29.1. The van der Waals surface area contributed by atoms with Crippen LogP contribution in [0.4, 0.5) is 5.69 Å². The molecule has 0 unspecified atom stereocenters. The van der Waals surface area contributed by atoms with Crippen molar-refractivity contribution in [1.82, 2.24) is 14.5 Å². The summed E-state index contributed by atoms with van der Waals surface area (Å²) >= 11 is 0. The van der Waals surface area contributed by atoms with Crippen LogP contribution in [0.2, 0.25) is 0 Å². The number of para-hydroxylation sites is 1. The largest absolute Gasteiger partial charge is 0.352 e. The van der Waals surface area contributed by atoms with Gasteiger partial charge in [0.25, 0.3) is 0 Å². The van der Waals surface area contributed by atoms with E-state index < -0.39 is 15.6 Å². The van der Waals surface area contributed by atoms with Crippen LogP contribution in [0.1, 0.15) is 44.9 Å². The predicted octanol–water partition coefficient (Wildman–Crippen LogP) is 4.12. The number of amides is 2. The Hall–Kier alpha value is -3.43. The molecule has 3 aliphatic rings. The quantitative estimate of drug-likeness (QED) is 0.490. The van der Waals surface area contributed by atoms with Crippen molar-refractivity contribution in [3.05, 3.63) is 72.8 Å². The van der Waals surface area contributed by atoms with Gasteiger partial charge in [0.15, 0.2) is 0 Å². The molecule has 0 aromatic heterocycles. The summed E-state index contributed by atoms with van der Waals surface area (Å²) in [6.07, 6.45) is 6.13. The lowest BCUT2D eigenvalue weighted by Gasteiger charge is -2.42. The predicted molar refractivity (Wildman–Crippen MR) is 155 cm³/mol. The van der Waals surface area contributed by atoms with Crippen LogP contribution in [0, 0.1) is 0 Å². The van der Waals surface area contributed by atoms with Crippen LogP contribution in [-0.2, 0) is 19.6 Å². The molecule has 0 atom stereocenters. The third-order valence-corrected chi connectivity index (χ3v) is 10.8. The van der Waals surface area contributed by atoms with Gasteiger partial charge < -0.3 is 15.1 Å². The molecule has 6 rings (SSSR count). The average molecular weight is 561 g/mol. The van der Waals surface area contributed by atoms with E-state index >= 15 is 0 Å². The maximum absolute atomic E-state index is 14.0. The fraction of sp³-hybridized carbons (Fsp3) is 0.419. The number of rotatable bonds is 6. The maximum Gasteiger partial charge on any atom is 0.250 e. The molecule has 2 heterocycles. The van der Waals surface area contributed by atoms with Crippen LogP contribution >= 0.6 is 0 Å². The highest BCUT2D eigenvalue weighted by atomic mass is 32.2. The number of sulfonamides is 1. The Morgan fingerprint density at radius 1 is 0.875 bits per heavy atom. The average Bonchev–Trinajstić information content (AvgIpc) is 3.24. The standard InChI is InChI=1S/C31H36N4O4S/c36-29(32-25-12-3-1-4-13-25)22-33-23-35(26-14-5-2-6-15-26)31(30(33)37)18-20-34(21-19-31)40(38,39)28-17-9-11-24-10-7-8-16-27(24)28/h2,5-11,14-17,25H,1,3-4,12-13,18-23H2,(H,32,36). The first-order chi connectivity index (χ1) is 19.4. The lowest BCUT2D eigenvalue weighted by Crippen LogP contribution is -2.57. The molecule has 1 N–H and O–H groups in total. The zero-order chi connectivity index (χ0) is 27.7. The lowest BCUT2D eigenvalue weighted by atomic mass is 9.86. The number of benzene rings is 3. The van der Waals surface area contributed by atoms with Crippen molar-refractivity contribution in [1.29, 1.82) is 0 Å². The lowest BCUT2D eigenvalue weighted by molar-refractivity contribution is -0.137. The number of carbonyl (C=O) groups excluding carboxylic acids is 2. The molecular weight excluding hydrogens is 524 g/mol. The summed E-state index contributed by atoms with van der Waals surface area (Å²) in [5.74, 6) is -0.223. The van der Waals surface area contributed by atoms with Gasteiger partial charge in [-0.15, -0.1) is 0 Å². The van der Waals surface area contributed by atoms with E-state index in [4.69, 9.17) is 0 Å². The van der Waals surface area contributed by atoms with E-state index in [1.807, 2.05) is 60.7 Å². The monoisotopic (exact) mass is 560 g/mol. The van der Waals surface area contributed by atoms with Crippen molar-refractivity contribution < 1.29 is 18.0 Å². The number of anilines is 1. The third kappa shape index (κ3) is 4.86. The van der Waals surface area contributed by atoms with Gasteiger partial charge in [0, 0.05) is 30.2 Å². The van der Waals surface area contributed by atoms with Crippen LogP contribution in [0.5, 0.6) is 0 Å².